The quantitative estimate of drug-likeness (QED) is 0.511. The number of nitrogen functional groups attached to an aromatic ring is 1. The summed E-state index contributed by atoms with van der Waals surface area (Å²) in [7, 11) is 0. The van der Waals surface area contributed by atoms with E-state index in [2.05, 4.69) is 11.9 Å². The molecular weight excluding hydrogens is 286 g/mol. The molecule has 0 aliphatic rings. The number of thioether (sulfide) groups is 1. The Morgan fingerprint density at radius 2 is 1.90 bits per heavy atom. The first-order chi connectivity index (χ1) is 9.51. The zero-order valence-corrected chi connectivity index (χ0v) is 13.4. The monoisotopic (exact) mass is 303 g/mol. The van der Waals surface area contributed by atoms with Crippen molar-refractivity contribution in [2.45, 2.75) is 28.7 Å². The van der Waals surface area contributed by atoms with Gasteiger partial charge in [0.1, 0.15) is 10.9 Å². The van der Waals surface area contributed by atoms with Crippen LogP contribution < -0.4 is 5.73 Å². The molecule has 0 aliphatic heterocycles. The van der Waals surface area contributed by atoms with Crippen LogP contribution in [-0.4, -0.2) is 17.1 Å². The number of nitrogens with two attached hydrogens (primary N) is 1. The van der Waals surface area contributed by atoms with E-state index in [1.807, 2.05) is 43.5 Å². The normalized spacial score (nSPS) is 10.6. The van der Waals surface area contributed by atoms with Crippen molar-refractivity contribution in [2.75, 3.05) is 6.26 Å². The molecule has 0 unspecified atom stereocenters. The summed E-state index contributed by atoms with van der Waals surface area (Å²) in [5.74, 6) is 0.0989. The minimum Gasteiger partial charge on any atom is -0.384 e. The number of amidine groups is 1. The van der Waals surface area contributed by atoms with Gasteiger partial charge in [-0.05, 0) is 49.9 Å². The highest BCUT2D eigenvalue weighted by Crippen LogP contribution is 2.34. The molecule has 0 fully saturated rings. The lowest BCUT2D eigenvalue weighted by molar-refractivity contribution is 1.04. The average Bonchev–Trinajstić information content (AvgIpc) is 2.36. The predicted molar refractivity (Wildman–Crippen MR) is 87.1 cm³/mol. The smallest absolute Gasteiger partial charge is 0.125 e. The molecule has 1 heterocycles. The van der Waals surface area contributed by atoms with Crippen LogP contribution in [0.3, 0.4) is 0 Å². The molecule has 0 amide bonds. The maximum Gasteiger partial charge on any atom is 0.125 e. The summed E-state index contributed by atoms with van der Waals surface area (Å²) in [6.45, 7) is 4.05. The summed E-state index contributed by atoms with van der Waals surface area (Å²) in [6, 6.07) is 10.1. The van der Waals surface area contributed by atoms with E-state index in [1.165, 1.54) is 5.56 Å². The Balaban J connectivity index is 2.45. The molecule has 2 rings (SSSR count). The molecule has 2 aromatic rings. The summed E-state index contributed by atoms with van der Waals surface area (Å²) in [4.78, 5) is 6.52. The maximum absolute atomic E-state index is 7.80. The summed E-state index contributed by atoms with van der Waals surface area (Å²) in [6.07, 6.45) is 1.99. The lowest BCUT2D eigenvalue weighted by atomic mass is 10.2. The number of pyridine rings is 1. The van der Waals surface area contributed by atoms with Crippen LogP contribution in [0.5, 0.6) is 0 Å². The highest BCUT2D eigenvalue weighted by molar-refractivity contribution is 8.00. The molecule has 0 atom stereocenters. The Morgan fingerprint density at radius 3 is 2.50 bits per heavy atom. The van der Waals surface area contributed by atoms with Gasteiger partial charge >= 0.3 is 0 Å². The van der Waals surface area contributed by atoms with Crippen molar-refractivity contribution in [2.24, 2.45) is 5.73 Å². The topological polar surface area (TPSA) is 62.8 Å². The van der Waals surface area contributed by atoms with Gasteiger partial charge in [0.2, 0.25) is 0 Å². The van der Waals surface area contributed by atoms with Gasteiger partial charge in [-0.3, -0.25) is 5.41 Å². The van der Waals surface area contributed by atoms with E-state index in [0.717, 1.165) is 26.1 Å². The van der Waals surface area contributed by atoms with Crippen molar-refractivity contribution in [1.29, 1.82) is 5.41 Å². The highest BCUT2D eigenvalue weighted by Gasteiger charge is 2.12. The summed E-state index contributed by atoms with van der Waals surface area (Å²) in [5.41, 5.74) is 8.72. The highest BCUT2D eigenvalue weighted by atomic mass is 32.2. The van der Waals surface area contributed by atoms with Gasteiger partial charge in [-0.25, -0.2) is 4.98 Å². The Kier molecular flexibility index (Phi) is 4.73. The van der Waals surface area contributed by atoms with Crippen molar-refractivity contribution in [3.63, 3.8) is 0 Å². The van der Waals surface area contributed by atoms with Gasteiger partial charge in [-0.1, -0.05) is 17.8 Å². The number of hydrogen-bond acceptors (Lipinski definition) is 4. The predicted octanol–water partition coefficient (Wildman–Crippen LogP) is 3.86. The fourth-order valence-electron chi connectivity index (χ4n) is 2.00. The zero-order chi connectivity index (χ0) is 14.7. The number of benzene rings is 1. The minimum atomic E-state index is 0.0989. The number of hydrogen-bond donors (Lipinski definition) is 2. The molecule has 3 N–H and O–H groups in total. The standard InChI is InChI=1S/C15H17N3S2/c1-9-7-10(2)18-13(8-9)20-12-6-4-5-11(19-3)14(12)15(16)17/h4-8H,1-3H3,(H3,16,17). The Labute approximate surface area is 127 Å². The van der Waals surface area contributed by atoms with E-state index in [1.54, 1.807) is 23.5 Å². The lowest BCUT2D eigenvalue weighted by Gasteiger charge is -2.12. The van der Waals surface area contributed by atoms with Gasteiger partial charge < -0.3 is 5.73 Å². The second kappa shape index (κ2) is 6.33. The van der Waals surface area contributed by atoms with Crippen LogP contribution in [0.4, 0.5) is 0 Å². The van der Waals surface area contributed by atoms with Crippen molar-refractivity contribution < 1.29 is 0 Å². The van der Waals surface area contributed by atoms with Crippen LogP contribution in [0, 0.1) is 19.3 Å². The third-order valence-corrected chi connectivity index (χ3v) is 4.52. The van der Waals surface area contributed by atoms with Crippen LogP contribution in [-0.2, 0) is 0 Å². The van der Waals surface area contributed by atoms with Gasteiger partial charge in [0.15, 0.2) is 0 Å². The molecule has 104 valence electrons. The summed E-state index contributed by atoms with van der Waals surface area (Å²) in [5, 5.41) is 8.73. The van der Waals surface area contributed by atoms with Gasteiger partial charge in [-0.15, -0.1) is 11.8 Å². The van der Waals surface area contributed by atoms with Crippen LogP contribution in [0.1, 0.15) is 16.8 Å². The molecule has 0 radical (unpaired) electrons. The van der Waals surface area contributed by atoms with E-state index >= 15 is 0 Å². The molecule has 20 heavy (non-hydrogen) atoms. The maximum atomic E-state index is 7.80. The fraction of sp³-hybridized carbons (Fsp3) is 0.200. The number of aromatic nitrogens is 1. The van der Waals surface area contributed by atoms with Crippen LogP contribution in [0.15, 0.2) is 45.1 Å². The van der Waals surface area contributed by atoms with Crippen LogP contribution >= 0.6 is 23.5 Å². The fourth-order valence-corrected chi connectivity index (χ4v) is 3.83. The summed E-state index contributed by atoms with van der Waals surface area (Å²) < 4.78 is 0. The lowest BCUT2D eigenvalue weighted by Crippen LogP contribution is -2.13. The Hall–Kier alpha value is -1.46. The van der Waals surface area contributed by atoms with E-state index in [4.69, 9.17) is 11.1 Å². The van der Waals surface area contributed by atoms with Gasteiger partial charge in [0, 0.05) is 21.0 Å². The molecule has 1 aromatic heterocycles. The van der Waals surface area contributed by atoms with Crippen molar-refractivity contribution in [3.05, 3.63) is 47.2 Å². The van der Waals surface area contributed by atoms with E-state index in [9.17, 15) is 0 Å². The Bertz CT molecular complexity index is 633. The molecular formula is C15H17N3S2. The van der Waals surface area contributed by atoms with Gasteiger partial charge in [0.05, 0.1) is 0 Å². The number of nitrogens with one attached hydrogen (secondary N) is 1. The van der Waals surface area contributed by atoms with E-state index < -0.39 is 0 Å². The van der Waals surface area contributed by atoms with Crippen LogP contribution in [0.2, 0.25) is 0 Å². The molecule has 5 heteroatoms. The molecule has 0 bridgehead atoms. The minimum absolute atomic E-state index is 0.0989. The first-order valence-electron chi connectivity index (χ1n) is 6.16. The number of rotatable bonds is 4. The molecule has 1 aromatic carbocycles. The molecule has 0 aliphatic carbocycles. The van der Waals surface area contributed by atoms with Gasteiger partial charge in [-0.2, -0.15) is 0 Å². The third kappa shape index (κ3) is 3.35. The molecule has 0 saturated carbocycles. The van der Waals surface area contributed by atoms with Crippen molar-refractivity contribution >= 4 is 29.4 Å². The second-order valence-electron chi connectivity index (χ2n) is 4.47. The average molecular weight is 303 g/mol. The SMILES string of the molecule is CSc1cccc(Sc2cc(C)cc(C)n2)c1C(=N)N. The third-order valence-electron chi connectivity index (χ3n) is 2.77. The largest absolute Gasteiger partial charge is 0.384 e. The first kappa shape index (κ1) is 14.9. The number of aryl methyl sites for hydroxylation is 2. The van der Waals surface area contributed by atoms with Gasteiger partial charge in [0.25, 0.3) is 0 Å². The van der Waals surface area contributed by atoms with Crippen molar-refractivity contribution in [1.82, 2.24) is 4.98 Å². The molecule has 0 saturated heterocycles. The van der Waals surface area contributed by atoms with Crippen LogP contribution in [0.25, 0.3) is 0 Å². The van der Waals surface area contributed by atoms with Crippen molar-refractivity contribution in [3.8, 4) is 0 Å². The number of nitrogens with zero attached hydrogens (tertiary/aromatic N) is 1. The molecule has 3 nitrogen and oxygen atoms in total. The second-order valence-corrected chi connectivity index (χ2v) is 6.38. The van der Waals surface area contributed by atoms with E-state index in [-0.39, 0.29) is 5.84 Å². The van der Waals surface area contributed by atoms with E-state index in [0.29, 0.717) is 0 Å². The first-order valence-corrected chi connectivity index (χ1v) is 8.20. The molecule has 0 spiro atoms. The zero-order valence-electron chi connectivity index (χ0n) is 11.7. The Morgan fingerprint density at radius 1 is 1.20 bits per heavy atom. The summed E-state index contributed by atoms with van der Waals surface area (Å²) >= 11 is 3.16.